The van der Waals surface area contributed by atoms with Crippen LogP contribution in [0.3, 0.4) is 0 Å². The summed E-state index contributed by atoms with van der Waals surface area (Å²) in [6, 6.07) is 13.6. The summed E-state index contributed by atoms with van der Waals surface area (Å²) in [6.07, 6.45) is -0.585. The van der Waals surface area contributed by atoms with Crippen molar-refractivity contribution in [1.29, 1.82) is 0 Å². The molecule has 0 heterocycles. The molecule has 2 aromatic rings. The van der Waals surface area contributed by atoms with Crippen molar-refractivity contribution >= 4 is 0 Å². The zero-order valence-corrected chi connectivity index (χ0v) is 17.0. The Kier molecular flexibility index (Phi) is 9.78. The molecule has 0 spiro atoms. The minimum Gasteiger partial charge on any atom is -1.00 e. The molecule has 0 aliphatic rings. The van der Waals surface area contributed by atoms with Crippen LogP contribution in [-0.4, -0.2) is 52.7 Å². The molecule has 27 heavy (non-hydrogen) atoms. The summed E-state index contributed by atoms with van der Waals surface area (Å²) in [7, 11) is 6.71. The van der Waals surface area contributed by atoms with Gasteiger partial charge in [0.1, 0.15) is 31.5 Å². The third-order valence-corrected chi connectivity index (χ3v) is 4.01. The highest BCUT2D eigenvalue weighted by atomic mass is 35.5. The van der Waals surface area contributed by atoms with Gasteiger partial charge >= 0.3 is 0 Å². The van der Waals surface area contributed by atoms with Crippen molar-refractivity contribution in [3.63, 3.8) is 0 Å². The van der Waals surface area contributed by atoms with Crippen LogP contribution >= 0.6 is 0 Å². The maximum absolute atomic E-state index is 10.3. The number of benzene rings is 2. The van der Waals surface area contributed by atoms with Crippen LogP contribution < -0.4 is 36.3 Å². The van der Waals surface area contributed by atoms with Gasteiger partial charge in [-0.2, -0.15) is 0 Å². The van der Waals surface area contributed by atoms with Gasteiger partial charge in [0.05, 0.1) is 28.4 Å². The highest BCUT2D eigenvalue weighted by Gasteiger charge is 2.16. The number of hydrogen-bond donors (Lipinski definition) is 2. The second-order valence-electron chi connectivity index (χ2n) is 6.15. The van der Waals surface area contributed by atoms with Crippen molar-refractivity contribution in [3.05, 3.63) is 48.0 Å². The average Bonchev–Trinajstić information content (AvgIpc) is 2.66. The Morgan fingerprint density at radius 3 is 2.07 bits per heavy atom. The van der Waals surface area contributed by atoms with Crippen molar-refractivity contribution in [2.24, 2.45) is 0 Å². The largest absolute Gasteiger partial charge is 1.00 e. The van der Waals surface area contributed by atoms with E-state index >= 15 is 0 Å². The quantitative estimate of drug-likeness (QED) is 0.494. The van der Waals surface area contributed by atoms with Gasteiger partial charge < -0.3 is 41.4 Å². The van der Waals surface area contributed by atoms with Gasteiger partial charge in [0.2, 0.25) is 5.75 Å². The number of hydrogen-bond acceptors (Lipinski definition) is 5. The first-order valence-electron chi connectivity index (χ1n) is 8.53. The maximum Gasteiger partial charge on any atom is 0.203 e. The fourth-order valence-electron chi connectivity index (χ4n) is 2.81. The van der Waals surface area contributed by atoms with E-state index in [1.165, 1.54) is 10.5 Å². The molecule has 0 bridgehead atoms. The van der Waals surface area contributed by atoms with Gasteiger partial charge in [-0.05, 0) is 0 Å². The van der Waals surface area contributed by atoms with Crippen molar-refractivity contribution in [3.8, 4) is 23.0 Å². The minimum absolute atomic E-state index is 0. The van der Waals surface area contributed by atoms with Crippen molar-refractivity contribution in [1.82, 2.24) is 0 Å². The van der Waals surface area contributed by atoms with Crippen LogP contribution in [0.15, 0.2) is 42.5 Å². The second-order valence-corrected chi connectivity index (χ2v) is 6.15. The fraction of sp³-hybridized carbons (Fsp3) is 0.400. The SMILES string of the molecule is COc1cc(OCC(O)C[NH+](C)Cc2ccccc2)cc(OC)c1OC.[Cl-]. The molecule has 0 aliphatic heterocycles. The molecule has 0 aliphatic carbocycles. The number of aliphatic hydroxyl groups excluding tert-OH is 1. The van der Waals surface area contributed by atoms with E-state index in [-0.39, 0.29) is 19.0 Å². The molecule has 2 unspecified atom stereocenters. The number of likely N-dealkylation sites (N-methyl/N-ethyl adjacent to an activating group) is 1. The zero-order chi connectivity index (χ0) is 18.9. The fourth-order valence-corrected chi connectivity index (χ4v) is 2.81. The van der Waals surface area contributed by atoms with E-state index in [1.54, 1.807) is 33.5 Å². The number of methoxy groups -OCH3 is 3. The van der Waals surface area contributed by atoms with Crippen LogP contribution in [-0.2, 0) is 6.54 Å². The van der Waals surface area contributed by atoms with Crippen molar-refractivity contribution in [2.75, 3.05) is 41.5 Å². The number of rotatable bonds is 10. The predicted molar refractivity (Wildman–Crippen MR) is 99.5 cm³/mol. The van der Waals surface area contributed by atoms with E-state index in [4.69, 9.17) is 18.9 Å². The molecule has 0 fully saturated rings. The number of nitrogens with one attached hydrogen (secondary N) is 1. The number of ether oxygens (including phenoxy) is 4. The Balaban J connectivity index is 0.00000364. The van der Waals surface area contributed by atoms with Gasteiger partial charge in [0, 0.05) is 17.7 Å². The maximum atomic E-state index is 10.3. The van der Waals surface area contributed by atoms with E-state index in [0.717, 1.165) is 6.54 Å². The Morgan fingerprint density at radius 2 is 1.56 bits per heavy atom. The molecule has 0 amide bonds. The molecule has 2 rings (SSSR count). The van der Waals surface area contributed by atoms with Gasteiger partial charge in [0.15, 0.2) is 11.5 Å². The van der Waals surface area contributed by atoms with Gasteiger partial charge in [-0.25, -0.2) is 0 Å². The van der Waals surface area contributed by atoms with Crippen LogP contribution in [0.4, 0.5) is 0 Å². The Labute approximate surface area is 167 Å². The van der Waals surface area contributed by atoms with E-state index in [9.17, 15) is 5.11 Å². The molecule has 7 heteroatoms. The molecule has 0 aromatic heterocycles. The van der Waals surface area contributed by atoms with Gasteiger partial charge in [-0.1, -0.05) is 30.3 Å². The van der Waals surface area contributed by atoms with Gasteiger partial charge in [-0.3, -0.25) is 0 Å². The first-order valence-corrected chi connectivity index (χ1v) is 8.53. The lowest BCUT2D eigenvalue weighted by Crippen LogP contribution is -3.09. The van der Waals surface area contributed by atoms with E-state index in [0.29, 0.717) is 29.5 Å². The summed E-state index contributed by atoms with van der Waals surface area (Å²) in [5.41, 5.74) is 1.24. The predicted octanol–water partition coefficient (Wildman–Crippen LogP) is -1.83. The summed E-state index contributed by atoms with van der Waals surface area (Å²) >= 11 is 0. The third-order valence-electron chi connectivity index (χ3n) is 4.01. The normalized spacial score (nSPS) is 12.5. The highest BCUT2D eigenvalue weighted by Crippen LogP contribution is 2.40. The van der Waals surface area contributed by atoms with Gasteiger partial charge in [-0.15, -0.1) is 0 Å². The molecule has 2 N–H and O–H groups in total. The van der Waals surface area contributed by atoms with Crippen LogP contribution in [0.5, 0.6) is 23.0 Å². The molecule has 2 atom stereocenters. The summed E-state index contributed by atoms with van der Waals surface area (Å²) in [5.74, 6) is 2.10. The molecule has 0 radical (unpaired) electrons. The van der Waals surface area contributed by atoms with E-state index < -0.39 is 6.10 Å². The van der Waals surface area contributed by atoms with Crippen molar-refractivity contribution < 1.29 is 41.4 Å². The lowest BCUT2D eigenvalue weighted by molar-refractivity contribution is -0.897. The topological polar surface area (TPSA) is 61.6 Å². The molecular weight excluding hydrogens is 370 g/mol. The van der Waals surface area contributed by atoms with Crippen LogP contribution in [0.25, 0.3) is 0 Å². The summed E-state index contributed by atoms with van der Waals surface area (Å²) in [5, 5.41) is 10.3. The smallest absolute Gasteiger partial charge is 0.203 e. The Morgan fingerprint density at radius 1 is 0.963 bits per heavy atom. The second kappa shape index (κ2) is 11.5. The first-order chi connectivity index (χ1) is 12.6. The number of halogens is 1. The lowest BCUT2D eigenvalue weighted by atomic mass is 10.2. The highest BCUT2D eigenvalue weighted by molar-refractivity contribution is 5.55. The van der Waals surface area contributed by atoms with Crippen LogP contribution in [0.2, 0.25) is 0 Å². The number of aliphatic hydroxyl groups is 1. The molecule has 0 saturated carbocycles. The summed E-state index contributed by atoms with van der Waals surface area (Å²) < 4.78 is 21.6. The monoisotopic (exact) mass is 397 g/mol. The standard InChI is InChI=1S/C20H27NO5.ClH/c1-21(12-15-8-6-5-7-9-15)13-16(22)14-26-17-10-18(23-2)20(25-4)19(11-17)24-3;/h5-11,16,22H,12-14H2,1-4H3;1H. The Bertz CT molecular complexity index is 658. The van der Waals surface area contributed by atoms with Crippen LogP contribution in [0, 0.1) is 0 Å². The molecule has 6 nitrogen and oxygen atoms in total. The average molecular weight is 398 g/mol. The Hall–Kier alpha value is -2.15. The molecular formula is C20H28ClNO5. The molecule has 0 saturated heterocycles. The van der Waals surface area contributed by atoms with Gasteiger partial charge in [0.25, 0.3) is 0 Å². The molecule has 150 valence electrons. The third kappa shape index (κ3) is 6.82. The summed E-state index contributed by atoms with van der Waals surface area (Å²) in [4.78, 5) is 1.21. The van der Waals surface area contributed by atoms with Crippen LogP contribution in [0.1, 0.15) is 5.56 Å². The lowest BCUT2D eigenvalue weighted by Gasteiger charge is -2.19. The van der Waals surface area contributed by atoms with E-state index in [1.807, 2.05) is 18.2 Å². The first kappa shape index (κ1) is 22.9. The minimum atomic E-state index is -0.585. The van der Waals surface area contributed by atoms with Crippen molar-refractivity contribution in [2.45, 2.75) is 12.6 Å². The van der Waals surface area contributed by atoms with E-state index in [2.05, 4.69) is 19.2 Å². The molecule has 2 aromatic carbocycles. The number of quaternary nitrogens is 1. The zero-order valence-electron chi connectivity index (χ0n) is 16.2. The summed E-state index contributed by atoms with van der Waals surface area (Å²) in [6.45, 7) is 1.62.